The highest BCUT2D eigenvalue weighted by Gasteiger charge is 2.36. The number of carbonyl (C=O) groups is 3. The van der Waals surface area contributed by atoms with Crippen molar-refractivity contribution in [2.24, 2.45) is 0 Å². The summed E-state index contributed by atoms with van der Waals surface area (Å²) in [6.07, 6.45) is 1.35. The quantitative estimate of drug-likeness (QED) is 0.224. The molecule has 0 unspecified atom stereocenters. The number of nitrogens with one attached hydrogen (secondary N) is 1. The highest BCUT2D eigenvalue weighted by atomic mass is 79.9. The Morgan fingerprint density at radius 2 is 1.97 bits per heavy atom. The largest absolute Gasteiger partial charge is 0.456 e. The van der Waals surface area contributed by atoms with Crippen LogP contribution in [0.2, 0.25) is 5.02 Å². The van der Waals surface area contributed by atoms with Crippen LogP contribution in [0, 0.1) is 10.1 Å². The van der Waals surface area contributed by atoms with Gasteiger partial charge in [-0.3, -0.25) is 29.4 Å². The number of hydrogen-bond donors (Lipinski definition) is 1. The van der Waals surface area contributed by atoms with Crippen LogP contribution in [-0.2, 0) is 9.59 Å². The van der Waals surface area contributed by atoms with E-state index in [2.05, 4.69) is 21.2 Å². The third-order valence-electron chi connectivity index (χ3n) is 4.65. The predicted molar refractivity (Wildman–Crippen MR) is 131 cm³/mol. The van der Waals surface area contributed by atoms with Crippen molar-refractivity contribution >= 4 is 73.8 Å². The van der Waals surface area contributed by atoms with Crippen molar-refractivity contribution < 1.29 is 23.7 Å². The minimum absolute atomic E-state index is 0.0604. The lowest BCUT2D eigenvalue weighted by Crippen LogP contribution is -2.36. The molecule has 1 saturated heterocycles. The van der Waals surface area contributed by atoms with E-state index in [9.17, 15) is 24.5 Å². The molecule has 1 N–H and O–H groups in total. The maximum atomic E-state index is 12.7. The molecule has 4 rings (SSSR count). The van der Waals surface area contributed by atoms with Crippen LogP contribution in [0.25, 0.3) is 17.4 Å². The summed E-state index contributed by atoms with van der Waals surface area (Å²) < 4.78 is 6.31. The Morgan fingerprint density at radius 3 is 2.71 bits per heavy atom. The second-order valence-corrected chi connectivity index (χ2v) is 9.20. The first-order chi connectivity index (χ1) is 16.2. The fraction of sp³-hybridized carbons (Fsp3) is 0.0455. The molecule has 3 amide bonds. The Labute approximate surface area is 210 Å². The number of thioether (sulfide) groups is 1. The fourth-order valence-electron chi connectivity index (χ4n) is 3.10. The Morgan fingerprint density at radius 1 is 1.21 bits per heavy atom. The van der Waals surface area contributed by atoms with Crippen LogP contribution in [0.1, 0.15) is 5.76 Å². The van der Waals surface area contributed by atoms with Crippen LogP contribution < -0.4 is 5.32 Å². The van der Waals surface area contributed by atoms with E-state index in [1.807, 2.05) is 0 Å². The van der Waals surface area contributed by atoms with Gasteiger partial charge in [-0.1, -0.05) is 23.7 Å². The number of rotatable bonds is 6. The first kappa shape index (κ1) is 23.7. The number of furan rings is 1. The zero-order valence-electron chi connectivity index (χ0n) is 17.0. The van der Waals surface area contributed by atoms with Crippen molar-refractivity contribution in [2.45, 2.75) is 0 Å². The molecule has 0 saturated carbocycles. The fourth-order valence-corrected chi connectivity index (χ4v) is 4.47. The summed E-state index contributed by atoms with van der Waals surface area (Å²) in [5.41, 5.74) is 0.491. The lowest BCUT2D eigenvalue weighted by molar-refractivity contribution is -0.384. The number of benzene rings is 2. The van der Waals surface area contributed by atoms with Crippen LogP contribution in [0.15, 0.2) is 68.4 Å². The highest BCUT2D eigenvalue weighted by molar-refractivity contribution is 9.10. The number of carbonyl (C=O) groups excluding carboxylic acids is 3. The number of nitrogens with zero attached hydrogens (tertiary/aromatic N) is 2. The Balaban J connectivity index is 1.50. The summed E-state index contributed by atoms with van der Waals surface area (Å²) in [5.74, 6) is -0.775. The molecule has 1 aliphatic heterocycles. The molecule has 1 aliphatic rings. The molecule has 3 aromatic rings. The van der Waals surface area contributed by atoms with Crippen LogP contribution in [0.5, 0.6) is 0 Å². The molecule has 9 nitrogen and oxygen atoms in total. The average Bonchev–Trinajstić information content (AvgIpc) is 3.35. The Bertz CT molecular complexity index is 1370. The Kier molecular flexibility index (Phi) is 6.87. The van der Waals surface area contributed by atoms with Gasteiger partial charge in [-0.25, -0.2) is 0 Å². The maximum absolute atomic E-state index is 12.7. The van der Waals surface area contributed by atoms with Crippen LogP contribution in [0.4, 0.5) is 16.2 Å². The summed E-state index contributed by atoms with van der Waals surface area (Å²) in [6, 6.07) is 14.1. The second kappa shape index (κ2) is 9.84. The first-order valence-corrected chi connectivity index (χ1v) is 11.6. The second-order valence-electron chi connectivity index (χ2n) is 6.92. The highest BCUT2D eigenvalue weighted by Crippen LogP contribution is 2.36. The molecule has 12 heteroatoms. The van der Waals surface area contributed by atoms with Gasteiger partial charge in [0.05, 0.1) is 21.1 Å². The molecule has 1 aromatic heterocycles. The molecule has 34 heavy (non-hydrogen) atoms. The van der Waals surface area contributed by atoms with Gasteiger partial charge in [-0.05, 0) is 64.1 Å². The SMILES string of the molecule is O=C(CN1C(=O)S/C(=C/c2ccc(-c3ccc(Cl)cc3[N+](=O)[O-])o2)C1=O)Nc1ccccc1Br. The van der Waals surface area contributed by atoms with E-state index in [1.165, 1.54) is 36.4 Å². The van der Waals surface area contributed by atoms with Gasteiger partial charge >= 0.3 is 0 Å². The van der Waals surface area contributed by atoms with Crippen LogP contribution in [-0.4, -0.2) is 33.4 Å². The van der Waals surface area contributed by atoms with Crippen LogP contribution in [0.3, 0.4) is 0 Å². The molecule has 2 heterocycles. The van der Waals surface area contributed by atoms with Gasteiger partial charge in [0.1, 0.15) is 18.1 Å². The van der Waals surface area contributed by atoms with Crippen molar-refractivity contribution in [3.05, 3.63) is 84.9 Å². The van der Waals surface area contributed by atoms with E-state index in [1.54, 1.807) is 24.3 Å². The van der Waals surface area contributed by atoms with Gasteiger partial charge in [0.25, 0.3) is 16.8 Å². The van der Waals surface area contributed by atoms with E-state index >= 15 is 0 Å². The predicted octanol–water partition coefficient (Wildman–Crippen LogP) is 5.95. The number of imide groups is 1. The third kappa shape index (κ3) is 5.06. The van der Waals surface area contributed by atoms with E-state index in [-0.39, 0.29) is 32.7 Å². The smallest absolute Gasteiger partial charge is 0.294 e. The maximum Gasteiger partial charge on any atom is 0.294 e. The normalized spacial score (nSPS) is 14.6. The molecular formula is C22H13BrClN3O6S. The number of nitro benzene ring substituents is 1. The Hall–Kier alpha value is -3.41. The number of para-hydroxylation sites is 1. The zero-order valence-corrected chi connectivity index (χ0v) is 20.1. The lowest BCUT2D eigenvalue weighted by atomic mass is 10.1. The van der Waals surface area contributed by atoms with E-state index < -0.39 is 28.5 Å². The topological polar surface area (TPSA) is 123 Å². The molecule has 1 fully saturated rings. The summed E-state index contributed by atoms with van der Waals surface area (Å²) in [5, 5.41) is 13.6. The molecule has 0 aliphatic carbocycles. The third-order valence-corrected chi connectivity index (χ3v) is 6.48. The molecule has 0 radical (unpaired) electrons. The molecule has 2 aromatic carbocycles. The molecule has 0 spiro atoms. The van der Waals surface area contributed by atoms with E-state index in [4.69, 9.17) is 16.0 Å². The van der Waals surface area contributed by atoms with Gasteiger partial charge < -0.3 is 9.73 Å². The van der Waals surface area contributed by atoms with Crippen molar-refractivity contribution in [3.8, 4) is 11.3 Å². The monoisotopic (exact) mass is 561 g/mol. The van der Waals surface area contributed by atoms with E-state index in [0.717, 1.165) is 4.90 Å². The number of amides is 3. The number of halogens is 2. The van der Waals surface area contributed by atoms with Gasteiger partial charge in [0.15, 0.2) is 0 Å². The summed E-state index contributed by atoms with van der Waals surface area (Å²) in [6.45, 7) is -0.455. The summed E-state index contributed by atoms with van der Waals surface area (Å²) in [4.78, 5) is 49.1. The van der Waals surface area contributed by atoms with Crippen LogP contribution >= 0.6 is 39.3 Å². The van der Waals surface area contributed by atoms with Crippen molar-refractivity contribution in [3.63, 3.8) is 0 Å². The van der Waals surface area contributed by atoms with Crippen molar-refractivity contribution in [2.75, 3.05) is 11.9 Å². The molecule has 0 atom stereocenters. The lowest BCUT2D eigenvalue weighted by Gasteiger charge is -2.13. The van der Waals surface area contributed by atoms with Gasteiger partial charge in [0, 0.05) is 21.6 Å². The first-order valence-electron chi connectivity index (χ1n) is 9.57. The number of anilines is 1. The molecule has 172 valence electrons. The summed E-state index contributed by atoms with van der Waals surface area (Å²) in [7, 11) is 0. The van der Waals surface area contributed by atoms with Crippen molar-refractivity contribution in [1.82, 2.24) is 4.90 Å². The minimum Gasteiger partial charge on any atom is -0.456 e. The molecule has 0 bridgehead atoms. The number of hydrogen-bond acceptors (Lipinski definition) is 7. The van der Waals surface area contributed by atoms with Gasteiger partial charge in [0.2, 0.25) is 5.91 Å². The summed E-state index contributed by atoms with van der Waals surface area (Å²) >= 11 is 9.83. The van der Waals surface area contributed by atoms with Gasteiger partial charge in [-0.2, -0.15) is 0 Å². The molecular weight excluding hydrogens is 550 g/mol. The van der Waals surface area contributed by atoms with E-state index in [0.29, 0.717) is 21.9 Å². The average molecular weight is 563 g/mol. The van der Waals surface area contributed by atoms with Crippen molar-refractivity contribution in [1.29, 1.82) is 0 Å². The minimum atomic E-state index is -0.646. The standard InChI is InChI=1S/C22H13BrClN3O6S/c23-15-3-1-2-4-16(15)25-20(28)11-26-21(29)19(34-22(26)30)10-13-6-8-18(33-13)14-7-5-12(24)9-17(14)27(31)32/h1-10H,11H2,(H,25,28)/b19-10+. The zero-order chi connectivity index (χ0) is 24.4. The number of nitro groups is 1. The van der Waals surface area contributed by atoms with Gasteiger partial charge in [-0.15, -0.1) is 0 Å².